The van der Waals surface area contributed by atoms with Gasteiger partial charge in [-0.3, -0.25) is 4.79 Å². The Morgan fingerprint density at radius 2 is 1.86 bits per heavy atom. The molecule has 2 aliphatic rings. The number of aromatic nitrogens is 5. The molecule has 1 fully saturated rings. The third kappa shape index (κ3) is 4.73. The van der Waals surface area contributed by atoms with Gasteiger partial charge in [0.25, 0.3) is 5.56 Å². The molecule has 0 atom stereocenters. The van der Waals surface area contributed by atoms with E-state index in [1.807, 2.05) is 27.6 Å². The number of nitrogens with zero attached hydrogens (tertiary/aromatic N) is 5. The van der Waals surface area contributed by atoms with E-state index in [1.165, 1.54) is 11.1 Å². The second kappa shape index (κ2) is 9.84. The molecule has 1 aromatic carbocycles. The van der Waals surface area contributed by atoms with Crippen LogP contribution in [0.1, 0.15) is 56.5 Å². The predicted molar refractivity (Wildman–Crippen MR) is 148 cm³/mol. The van der Waals surface area contributed by atoms with Crippen molar-refractivity contribution in [2.24, 2.45) is 0 Å². The normalized spacial score (nSPS) is 15.1. The lowest BCUT2D eigenvalue weighted by Crippen LogP contribution is -2.23. The Balaban J connectivity index is 0.00000152. The summed E-state index contributed by atoms with van der Waals surface area (Å²) in [5.41, 5.74) is 4.98. The molecule has 0 saturated heterocycles. The van der Waals surface area contributed by atoms with Crippen molar-refractivity contribution < 1.29 is 0 Å². The molecule has 1 aliphatic carbocycles. The molecule has 4 aromatic rings. The highest BCUT2D eigenvalue weighted by molar-refractivity contribution is 5.85. The van der Waals surface area contributed by atoms with E-state index in [4.69, 9.17) is 9.97 Å². The molecule has 1 saturated carbocycles. The Kier molecular flexibility index (Phi) is 7.14. The molecule has 190 valence electrons. The zero-order valence-corrected chi connectivity index (χ0v) is 22.2. The molecule has 0 unspecified atom stereocenters. The van der Waals surface area contributed by atoms with Crippen molar-refractivity contribution in [2.75, 3.05) is 11.9 Å². The predicted octanol–water partition coefficient (Wildman–Crippen LogP) is 4.84. The van der Waals surface area contributed by atoms with Gasteiger partial charge in [0.2, 0.25) is 5.95 Å². The molecule has 0 spiro atoms. The van der Waals surface area contributed by atoms with Crippen LogP contribution in [0.2, 0.25) is 0 Å². The summed E-state index contributed by atoms with van der Waals surface area (Å²) in [4.78, 5) is 27.5. The van der Waals surface area contributed by atoms with Crippen LogP contribution in [0.5, 0.6) is 0 Å². The summed E-state index contributed by atoms with van der Waals surface area (Å²) in [5, 5.41) is 7.26. The lowest BCUT2D eigenvalue weighted by molar-refractivity contribution is 0.537. The van der Waals surface area contributed by atoms with Crippen LogP contribution in [0, 0.1) is 0 Å². The number of hydrogen-bond acceptors (Lipinski definition) is 6. The van der Waals surface area contributed by atoms with Gasteiger partial charge in [-0.2, -0.15) is 4.98 Å². The largest absolute Gasteiger partial charge is 0.324 e. The quantitative estimate of drug-likeness (QED) is 0.394. The Labute approximate surface area is 222 Å². The van der Waals surface area contributed by atoms with Crippen LogP contribution in [0.25, 0.3) is 16.9 Å². The van der Waals surface area contributed by atoms with E-state index in [-0.39, 0.29) is 41.8 Å². The zero-order chi connectivity index (χ0) is 23.4. The summed E-state index contributed by atoms with van der Waals surface area (Å²) in [7, 11) is 0. The van der Waals surface area contributed by atoms with Crippen molar-refractivity contribution >= 4 is 47.5 Å². The third-order valence-corrected chi connectivity index (χ3v) is 6.58. The van der Waals surface area contributed by atoms with Crippen LogP contribution in [0.15, 0.2) is 47.4 Å². The molecule has 10 heteroatoms. The number of rotatable bonds is 4. The molecule has 36 heavy (non-hydrogen) atoms. The van der Waals surface area contributed by atoms with Crippen LogP contribution in [0.3, 0.4) is 0 Å². The summed E-state index contributed by atoms with van der Waals surface area (Å²) in [5.74, 6) is 1.17. The molecule has 8 nitrogen and oxygen atoms in total. The lowest BCUT2D eigenvalue weighted by atomic mass is 9.92. The van der Waals surface area contributed by atoms with Gasteiger partial charge in [-0.1, -0.05) is 32.9 Å². The van der Waals surface area contributed by atoms with Crippen molar-refractivity contribution in [3.63, 3.8) is 0 Å². The standard InChI is InChI=1S/C26H29N7O.2ClH/c1-26(2,3)21-5-4-6-22(30-21)33-23-20(24(34)32(33)19-9-10-19)15-28-25(31-23)29-18-8-7-16-11-12-27-14-17(16)13-18;;/h4-8,13,15,19,27H,9-12,14H2,1-3H3,(H,28,29,31);2*1H. The second-order valence-corrected chi connectivity index (χ2v) is 10.3. The molecule has 2 N–H and O–H groups in total. The Bertz CT molecular complexity index is 1470. The molecule has 1 aliphatic heterocycles. The molecular weight excluding hydrogens is 497 g/mol. The maximum absolute atomic E-state index is 13.3. The van der Waals surface area contributed by atoms with Crippen molar-refractivity contribution in [1.29, 1.82) is 0 Å². The number of nitrogens with one attached hydrogen (secondary N) is 2. The topological polar surface area (TPSA) is 89.7 Å². The maximum Gasteiger partial charge on any atom is 0.278 e. The number of halogens is 2. The maximum atomic E-state index is 13.3. The van der Waals surface area contributed by atoms with Crippen molar-refractivity contribution in [3.8, 4) is 5.82 Å². The van der Waals surface area contributed by atoms with E-state index in [9.17, 15) is 4.79 Å². The SMILES string of the molecule is CC(C)(C)c1cccc(-n2c3nc(Nc4ccc5c(c4)CNCC5)ncc3c(=O)n2C2CC2)n1.Cl.Cl. The van der Waals surface area contributed by atoms with Gasteiger partial charge in [0.05, 0.1) is 6.04 Å². The number of fused-ring (bicyclic) bond motifs is 2. The van der Waals surface area contributed by atoms with Crippen LogP contribution < -0.4 is 16.2 Å². The van der Waals surface area contributed by atoms with E-state index >= 15 is 0 Å². The van der Waals surface area contributed by atoms with Gasteiger partial charge in [0.15, 0.2) is 11.5 Å². The average Bonchev–Trinajstić information content (AvgIpc) is 3.62. The number of pyridine rings is 1. The molecule has 0 amide bonds. The zero-order valence-electron chi connectivity index (χ0n) is 20.6. The van der Waals surface area contributed by atoms with Crippen LogP contribution in [-0.2, 0) is 18.4 Å². The van der Waals surface area contributed by atoms with Crippen molar-refractivity contribution in [2.45, 2.75) is 58.0 Å². The first-order valence-electron chi connectivity index (χ1n) is 12.0. The molecule has 4 heterocycles. The lowest BCUT2D eigenvalue weighted by Gasteiger charge is -2.19. The Hall–Kier alpha value is -2.94. The fourth-order valence-electron chi connectivity index (χ4n) is 4.58. The van der Waals surface area contributed by atoms with Gasteiger partial charge in [0, 0.05) is 29.5 Å². The van der Waals surface area contributed by atoms with Crippen LogP contribution in [-0.4, -0.2) is 30.9 Å². The summed E-state index contributed by atoms with van der Waals surface area (Å²) in [6.07, 6.45) is 4.64. The second-order valence-electron chi connectivity index (χ2n) is 10.3. The number of benzene rings is 1. The van der Waals surface area contributed by atoms with Gasteiger partial charge < -0.3 is 10.6 Å². The van der Waals surface area contributed by atoms with Gasteiger partial charge in [-0.15, -0.1) is 24.8 Å². The summed E-state index contributed by atoms with van der Waals surface area (Å²) < 4.78 is 3.69. The van der Waals surface area contributed by atoms with Gasteiger partial charge in [0.1, 0.15) is 5.39 Å². The first-order chi connectivity index (χ1) is 16.4. The minimum atomic E-state index is -0.104. The molecule has 0 radical (unpaired) electrons. The van der Waals surface area contributed by atoms with Crippen LogP contribution in [0.4, 0.5) is 11.6 Å². The van der Waals surface area contributed by atoms with Gasteiger partial charge in [-0.05, 0) is 61.2 Å². The summed E-state index contributed by atoms with van der Waals surface area (Å²) >= 11 is 0. The van der Waals surface area contributed by atoms with Crippen LogP contribution >= 0.6 is 24.8 Å². The van der Waals surface area contributed by atoms with E-state index < -0.39 is 0 Å². The fraction of sp³-hybridized carbons (Fsp3) is 0.385. The molecule has 3 aromatic heterocycles. The Morgan fingerprint density at radius 1 is 1.06 bits per heavy atom. The van der Waals surface area contributed by atoms with E-state index in [0.29, 0.717) is 22.8 Å². The molecule has 6 rings (SSSR count). The van der Waals surface area contributed by atoms with Gasteiger partial charge in [-0.25, -0.2) is 19.3 Å². The highest BCUT2D eigenvalue weighted by atomic mass is 35.5. The minimum Gasteiger partial charge on any atom is -0.324 e. The fourth-order valence-corrected chi connectivity index (χ4v) is 4.58. The first-order valence-corrected chi connectivity index (χ1v) is 12.0. The molecule has 0 bridgehead atoms. The van der Waals surface area contributed by atoms with Gasteiger partial charge >= 0.3 is 0 Å². The third-order valence-electron chi connectivity index (χ3n) is 6.58. The smallest absolute Gasteiger partial charge is 0.278 e. The number of anilines is 2. The van der Waals surface area contributed by atoms with E-state index in [0.717, 1.165) is 43.7 Å². The Morgan fingerprint density at radius 3 is 2.61 bits per heavy atom. The van der Waals surface area contributed by atoms with E-state index in [2.05, 4.69) is 54.6 Å². The summed E-state index contributed by atoms with van der Waals surface area (Å²) in [6.45, 7) is 8.29. The molecular formula is C26H31Cl2N7O. The summed E-state index contributed by atoms with van der Waals surface area (Å²) in [6, 6.07) is 12.5. The highest BCUT2D eigenvalue weighted by Crippen LogP contribution is 2.35. The average molecular weight is 528 g/mol. The minimum absolute atomic E-state index is 0. The van der Waals surface area contributed by atoms with Crippen molar-refractivity contribution in [3.05, 3.63) is 69.8 Å². The number of hydrogen-bond donors (Lipinski definition) is 2. The highest BCUT2D eigenvalue weighted by Gasteiger charge is 2.31. The van der Waals surface area contributed by atoms with Crippen molar-refractivity contribution in [1.82, 2.24) is 29.6 Å². The van der Waals surface area contributed by atoms with E-state index in [1.54, 1.807) is 6.20 Å². The monoisotopic (exact) mass is 527 g/mol. The first kappa shape index (κ1) is 26.1.